The number of carbonyl (C=O) groups is 1. The van der Waals surface area contributed by atoms with Crippen molar-refractivity contribution in [1.82, 2.24) is 0 Å². The SMILES string of the molecule is CCCCCCOc1ccc2cc3c(Cl)c(C=O)c(=O)oc3cc2c1. The number of hydrogen-bond donors (Lipinski definition) is 0. The normalized spacial score (nSPS) is 11.1. The lowest BCUT2D eigenvalue weighted by atomic mass is 10.1. The average Bonchev–Trinajstić information content (AvgIpc) is 2.60. The van der Waals surface area contributed by atoms with Gasteiger partial charge in [-0.3, -0.25) is 4.79 Å². The van der Waals surface area contributed by atoms with Gasteiger partial charge in [0.1, 0.15) is 16.9 Å². The number of rotatable bonds is 7. The van der Waals surface area contributed by atoms with E-state index >= 15 is 0 Å². The van der Waals surface area contributed by atoms with Crippen LogP contribution in [0.25, 0.3) is 21.7 Å². The number of hydrogen-bond acceptors (Lipinski definition) is 4. The van der Waals surface area contributed by atoms with Gasteiger partial charge < -0.3 is 9.15 Å². The smallest absolute Gasteiger partial charge is 0.348 e. The van der Waals surface area contributed by atoms with E-state index in [1.54, 1.807) is 6.07 Å². The molecule has 130 valence electrons. The predicted octanol–water partition coefficient (Wildman–Crippen LogP) is 5.37. The number of halogens is 1. The van der Waals surface area contributed by atoms with Crippen molar-refractivity contribution in [3.8, 4) is 5.75 Å². The fourth-order valence-corrected chi connectivity index (χ4v) is 3.08. The summed E-state index contributed by atoms with van der Waals surface area (Å²) in [6, 6.07) is 9.31. The molecule has 0 N–H and O–H groups in total. The van der Waals surface area contributed by atoms with E-state index in [1.807, 2.05) is 24.3 Å². The van der Waals surface area contributed by atoms with Crippen LogP contribution in [0, 0.1) is 0 Å². The van der Waals surface area contributed by atoms with Crippen molar-refractivity contribution >= 4 is 39.6 Å². The van der Waals surface area contributed by atoms with Crippen molar-refractivity contribution in [1.29, 1.82) is 0 Å². The highest BCUT2D eigenvalue weighted by atomic mass is 35.5. The summed E-state index contributed by atoms with van der Waals surface area (Å²) in [6.45, 7) is 2.86. The monoisotopic (exact) mass is 358 g/mol. The molecule has 0 aliphatic carbocycles. The number of fused-ring (bicyclic) bond motifs is 2. The molecule has 25 heavy (non-hydrogen) atoms. The highest BCUT2D eigenvalue weighted by molar-refractivity contribution is 6.37. The number of carbonyl (C=O) groups excluding carboxylic acids is 1. The second-order valence-corrected chi connectivity index (χ2v) is 6.38. The lowest BCUT2D eigenvalue weighted by molar-refractivity contribution is 0.112. The topological polar surface area (TPSA) is 56.5 Å². The fraction of sp³-hybridized carbons (Fsp3) is 0.300. The zero-order valence-corrected chi connectivity index (χ0v) is 14.8. The maximum Gasteiger partial charge on any atom is 0.348 e. The first-order valence-corrected chi connectivity index (χ1v) is 8.80. The van der Waals surface area contributed by atoms with Gasteiger partial charge in [-0.15, -0.1) is 0 Å². The Morgan fingerprint density at radius 1 is 1.12 bits per heavy atom. The maximum atomic E-state index is 11.8. The maximum absolute atomic E-state index is 11.8. The quantitative estimate of drug-likeness (QED) is 0.246. The molecule has 2 aromatic carbocycles. The van der Waals surface area contributed by atoms with Crippen molar-refractivity contribution < 1.29 is 13.9 Å². The van der Waals surface area contributed by atoms with E-state index in [-0.39, 0.29) is 10.6 Å². The molecule has 0 spiro atoms. The van der Waals surface area contributed by atoms with Crippen LogP contribution in [0.3, 0.4) is 0 Å². The van der Waals surface area contributed by atoms with Crippen molar-refractivity contribution in [2.75, 3.05) is 6.61 Å². The zero-order chi connectivity index (χ0) is 17.8. The van der Waals surface area contributed by atoms with Crippen LogP contribution in [0.15, 0.2) is 39.5 Å². The second kappa shape index (κ2) is 7.70. The first kappa shape index (κ1) is 17.5. The molecule has 0 saturated carbocycles. The van der Waals surface area contributed by atoms with Crippen LogP contribution in [0.4, 0.5) is 0 Å². The summed E-state index contributed by atoms with van der Waals surface area (Å²) in [7, 11) is 0. The number of ether oxygens (including phenoxy) is 1. The van der Waals surface area contributed by atoms with E-state index in [0.717, 1.165) is 29.4 Å². The van der Waals surface area contributed by atoms with Crippen molar-refractivity contribution in [3.63, 3.8) is 0 Å². The first-order chi connectivity index (χ1) is 12.1. The van der Waals surface area contributed by atoms with Gasteiger partial charge in [0, 0.05) is 5.39 Å². The summed E-state index contributed by atoms with van der Waals surface area (Å²) >= 11 is 6.17. The molecule has 0 bridgehead atoms. The average molecular weight is 359 g/mol. The molecule has 5 heteroatoms. The van der Waals surface area contributed by atoms with Gasteiger partial charge in [0.2, 0.25) is 0 Å². The Kier molecular flexibility index (Phi) is 5.39. The third kappa shape index (κ3) is 3.69. The van der Waals surface area contributed by atoms with Crippen LogP contribution in [0.2, 0.25) is 5.02 Å². The minimum atomic E-state index is -0.727. The Labute approximate surface area is 150 Å². The minimum Gasteiger partial charge on any atom is -0.494 e. The standard InChI is InChI=1S/C20H19ClO4/c1-2-3-4-5-8-24-15-7-6-13-10-16-18(11-14(13)9-15)25-20(23)17(12-22)19(16)21/h6-7,9-12H,2-5,8H2,1H3. The lowest BCUT2D eigenvalue weighted by Gasteiger charge is -2.08. The van der Waals surface area contributed by atoms with Crippen LogP contribution in [-0.4, -0.2) is 12.9 Å². The molecule has 3 rings (SSSR count). The molecule has 1 heterocycles. The Morgan fingerprint density at radius 3 is 2.72 bits per heavy atom. The summed E-state index contributed by atoms with van der Waals surface area (Å²) in [5.74, 6) is 0.779. The van der Waals surface area contributed by atoms with Gasteiger partial charge in [-0.1, -0.05) is 43.9 Å². The fourth-order valence-electron chi connectivity index (χ4n) is 2.81. The highest BCUT2D eigenvalue weighted by Gasteiger charge is 2.13. The van der Waals surface area contributed by atoms with Gasteiger partial charge in [-0.25, -0.2) is 4.79 Å². The molecule has 0 unspecified atom stereocenters. The van der Waals surface area contributed by atoms with E-state index in [0.29, 0.717) is 23.9 Å². The molecule has 0 aliphatic heterocycles. The number of benzene rings is 2. The van der Waals surface area contributed by atoms with Crippen molar-refractivity contribution in [2.45, 2.75) is 32.6 Å². The van der Waals surface area contributed by atoms with Gasteiger partial charge in [-0.05, 0) is 41.5 Å². The third-order valence-electron chi connectivity index (χ3n) is 4.19. The summed E-state index contributed by atoms with van der Waals surface area (Å²) in [5, 5.41) is 2.48. The Balaban J connectivity index is 1.93. The van der Waals surface area contributed by atoms with E-state index < -0.39 is 5.63 Å². The molecular weight excluding hydrogens is 340 g/mol. The summed E-state index contributed by atoms with van der Waals surface area (Å²) in [5.41, 5.74) is -0.524. The van der Waals surface area contributed by atoms with Gasteiger partial charge >= 0.3 is 5.63 Å². The largest absolute Gasteiger partial charge is 0.494 e. The molecule has 0 radical (unpaired) electrons. The van der Waals surface area contributed by atoms with Crippen molar-refractivity contribution in [2.24, 2.45) is 0 Å². The van der Waals surface area contributed by atoms with Crippen LogP contribution < -0.4 is 10.4 Å². The number of aldehydes is 1. The summed E-state index contributed by atoms with van der Waals surface area (Å²) < 4.78 is 11.0. The number of unbranched alkanes of at least 4 members (excludes halogenated alkanes) is 3. The highest BCUT2D eigenvalue weighted by Crippen LogP contribution is 2.30. The van der Waals surface area contributed by atoms with Crippen LogP contribution in [0.5, 0.6) is 5.75 Å². The third-order valence-corrected chi connectivity index (χ3v) is 4.60. The first-order valence-electron chi connectivity index (χ1n) is 8.42. The van der Waals surface area contributed by atoms with E-state index in [4.69, 9.17) is 20.8 Å². The van der Waals surface area contributed by atoms with Gasteiger partial charge in [0.25, 0.3) is 0 Å². The van der Waals surface area contributed by atoms with Gasteiger partial charge in [0.05, 0.1) is 11.6 Å². The van der Waals surface area contributed by atoms with Crippen LogP contribution >= 0.6 is 11.6 Å². The zero-order valence-electron chi connectivity index (χ0n) is 14.0. The Morgan fingerprint density at radius 2 is 1.96 bits per heavy atom. The molecule has 1 aromatic heterocycles. The summed E-state index contributed by atoms with van der Waals surface area (Å²) in [4.78, 5) is 22.8. The van der Waals surface area contributed by atoms with Crippen molar-refractivity contribution in [3.05, 3.63) is 51.3 Å². The van der Waals surface area contributed by atoms with E-state index in [9.17, 15) is 9.59 Å². The molecule has 0 amide bonds. The van der Waals surface area contributed by atoms with E-state index in [1.165, 1.54) is 12.8 Å². The van der Waals surface area contributed by atoms with Crippen LogP contribution in [-0.2, 0) is 0 Å². The molecular formula is C20H19ClO4. The van der Waals surface area contributed by atoms with E-state index in [2.05, 4.69) is 6.92 Å². The molecule has 0 aliphatic rings. The van der Waals surface area contributed by atoms with Crippen LogP contribution in [0.1, 0.15) is 43.0 Å². The predicted molar refractivity (Wildman–Crippen MR) is 100 cm³/mol. The molecule has 3 aromatic rings. The lowest BCUT2D eigenvalue weighted by Crippen LogP contribution is -2.07. The Hall–Kier alpha value is -2.33. The second-order valence-electron chi connectivity index (χ2n) is 6.00. The van der Waals surface area contributed by atoms with Gasteiger partial charge in [0.15, 0.2) is 6.29 Å². The molecule has 0 atom stereocenters. The Bertz CT molecular complexity index is 975. The summed E-state index contributed by atoms with van der Waals surface area (Å²) in [6.07, 6.45) is 5.03. The molecule has 4 nitrogen and oxygen atoms in total. The molecule has 0 fully saturated rings. The minimum absolute atomic E-state index is 0.124. The van der Waals surface area contributed by atoms with Gasteiger partial charge in [-0.2, -0.15) is 0 Å². The molecule has 0 saturated heterocycles.